The molecule has 122 valence electrons. The van der Waals surface area contributed by atoms with Crippen LogP contribution in [-0.2, 0) is 4.74 Å². The number of guanidine groups is 1. The summed E-state index contributed by atoms with van der Waals surface area (Å²) in [5, 5.41) is 3.37. The molecule has 22 heavy (non-hydrogen) atoms. The largest absolute Gasteiger partial charge is 0.385 e. The van der Waals surface area contributed by atoms with Crippen molar-refractivity contribution in [2.45, 2.75) is 13.3 Å². The molecule has 0 amide bonds. The van der Waals surface area contributed by atoms with Crippen molar-refractivity contribution in [3.63, 3.8) is 0 Å². The zero-order valence-electron chi connectivity index (χ0n) is 13.5. The Labute approximate surface area is 132 Å². The number of nitrogens with zero attached hydrogens (tertiary/aromatic N) is 5. The maximum atomic E-state index is 5.07. The zero-order chi connectivity index (χ0) is 15.6. The van der Waals surface area contributed by atoms with Gasteiger partial charge < -0.3 is 19.9 Å². The van der Waals surface area contributed by atoms with Crippen molar-refractivity contribution >= 4 is 11.9 Å². The molecule has 0 unspecified atom stereocenters. The van der Waals surface area contributed by atoms with Crippen LogP contribution in [0.4, 0.5) is 5.95 Å². The average molecular weight is 306 g/mol. The molecule has 7 heteroatoms. The van der Waals surface area contributed by atoms with Crippen LogP contribution in [-0.4, -0.2) is 73.8 Å². The fourth-order valence-electron chi connectivity index (χ4n) is 2.39. The maximum Gasteiger partial charge on any atom is 0.225 e. The highest BCUT2D eigenvalue weighted by atomic mass is 16.5. The van der Waals surface area contributed by atoms with Crippen LogP contribution in [0.2, 0.25) is 0 Å². The van der Waals surface area contributed by atoms with Crippen LogP contribution < -0.4 is 10.2 Å². The van der Waals surface area contributed by atoms with Crippen LogP contribution in [0.3, 0.4) is 0 Å². The molecule has 1 aromatic rings. The van der Waals surface area contributed by atoms with Crippen molar-refractivity contribution in [1.82, 2.24) is 20.2 Å². The molecule has 0 spiro atoms. The number of aromatic nitrogens is 2. The number of methoxy groups -OCH3 is 1. The predicted molar refractivity (Wildman–Crippen MR) is 88.3 cm³/mol. The summed E-state index contributed by atoms with van der Waals surface area (Å²) in [6.07, 6.45) is 4.52. The highest BCUT2D eigenvalue weighted by molar-refractivity contribution is 5.80. The van der Waals surface area contributed by atoms with E-state index in [2.05, 4.69) is 37.0 Å². The van der Waals surface area contributed by atoms with Gasteiger partial charge in [0.05, 0.1) is 0 Å². The van der Waals surface area contributed by atoms with Crippen molar-refractivity contribution in [2.75, 3.05) is 57.9 Å². The Balaban J connectivity index is 1.87. The van der Waals surface area contributed by atoms with E-state index in [1.165, 1.54) is 0 Å². The fourth-order valence-corrected chi connectivity index (χ4v) is 2.39. The van der Waals surface area contributed by atoms with E-state index in [9.17, 15) is 0 Å². The molecule has 2 rings (SSSR count). The summed E-state index contributed by atoms with van der Waals surface area (Å²) in [5.41, 5.74) is 0. The predicted octanol–water partition coefficient (Wildman–Crippen LogP) is 0.601. The average Bonchev–Trinajstić information content (AvgIpc) is 2.59. The third-order valence-corrected chi connectivity index (χ3v) is 3.52. The molecule has 2 heterocycles. The molecule has 0 bridgehead atoms. The van der Waals surface area contributed by atoms with Gasteiger partial charge in [-0.15, -0.1) is 0 Å². The van der Waals surface area contributed by atoms with E-state index < -0.39 is 0 Å². The molecule has 1 aromatic heterocycles. The highest BCUT2D eigenvalue weighted by Gasteiger charge is 2.20. The van der Waals surface area contributed by atoms with E-state index in [1.54, 1.807) is 19.5 Å². The normalized spacial score (nSPS) is 16.0. The first-order chi connectivity index (χ1) is 10.8. The maximum absolute atomic E-state index is 5.07. The lowest BCUT2D eigenvalue weighted by Crippen LogP contribution is -2.53. The van der Waals surface area contributed by atoms with Crippen LogP contribution in [0.15, 0.2) is 23.5 Å². The Bertz CT molecular complexity index is 445. The molecular weight excluding hydrogens is 280 g/mol. The Morgan fingerprint density at radius 3 is 2.64 bits per heavy atom. The quantitative estimate of drug-likeness (QED) is 0.472. The SMILES string of the molecule is CCNC(=NCCCOC)N1CCN(c2ncccn2)CC1. The summed E-state index contributed by atoms with van der Waals surface area (Å²) in [7, 11) is 1.72. The van der Waals surface area contributed by atoms with Gasteiger partial charge in [0.1, 0.15) is 0 Å². The second-order valence-corrected chi connectivity index (χ2v) is 5.10. The van der Waals surface area contributed by atoms with Crippen molar-refractivity contribution in [3.05, 3.63) is 18.5 Å². The lowest BCUT2D eigenvalue weighted by molar-refractivity contribution is 0.197. The van der Waals surface area contributed by atoms with Gasteiger partial charge >= 0.3 is 0 Å². The molecule has 1 aliphatic heterocycles. The van der Waals surface area contributed by atoms with Crippen molar-refractivity contribution in [2.24, 2.45) is 4.99 Å². The molecule has 1 saturated heterocycles. The second-order valence-electron chi connectivity index (χ2n) is 5.10. The van der Waals surface area contributed by atoms with E-state index in [1.807, 2.05) is 6.07 Å². The Morgan fingerprint density at radius 2 is 2.00 bits per heavy atom. The second kappa shape index (κ2) is 9.19. The minimum atomic E-state index is 0.752. The minimum Gasteiger partial charge on any atom is -0.385 e. The van der Waals surface area contributed by atoms with Gasteiger partial charge in [-0.2, -0.15) is 0 Å². The van der Waals surface area contributed by atoms with E-state index >= 15 is 0 Å². The number of nitrogens with one attached hydrogen (secondary N) is 1. The third-order valence-electron chi connectivity index (χ3n) is 3.52. The number of hydrogen-bond acceptors (Lipinski definition) is 5. The van der Waals surface area contributed by atoms with Gasteiger partial charge in [-0.05, 0) is 19.4 Å². The van der Waals surface area contributed by atoms with Crippen LogP contribution in [0.5, 0.6) is 0 Å². The van der Waals surface area contributed by atoms with Crippen LogP contribution in [0.25, 0.3) is 0 Å². The summed E-state index contributed by atoms with van der Waals surface area (Å²) in [6, 6.07) is 1.84. The molecule has 0 aliphatic carbocycles. The van der Waals surface area contributed by atoms with Gasteiger partial charge in [-0.1, -0.05) is 0 Å². The van der Waals surface area contributed by atoms with Crippen LogP contribution in [0.1, 0.15) is 13.3 Å². The Morgan fingerprint density at radius 1 is 1.27 bits per heavy atom. The summed E-state index contributed by atoms with van der Waals surface area (Å²) in [6.45, 7) is 8.19. The van der Waals surface area contributed by atoms with Crippen LogP contribution >= 0.6 is 0 Å². The summed E-state index contributed by atoms with van der Waals surface area (Å²) in [4.78, 5) is 17.8. The molecule has 1 aliphatic rings. The van der Waals surface area contributed by atoms with Gasteiger partial charge in [0.2, 0.25) is 5.95 Å². The van der Waals surface area contributed by atoms with Gasteiger partial charge in [0.15, 0.2) is 5.96 Å². The van der Waals surface area contributed by atoms with E-state index in [0.29, 0.717) is 0 Å². The number of ether oxygens (including phenoxy) is 1. The molecule has 1 fully saturated rings. The Hall–Kier alpha value is -1.89. The van der Waals surface area contributed by atoms with Gasteiger partial charge in [0.25, 0.3) is 0 Å². The summed E-state index contributed by atoms with van der Waals surface area (Å²) in [5.74, 6) is 1.80. The number of anilines is 1. The number of hydrogen-bond donors (Lipinski definition) is 1. The molecule has 7 nitrogen and oxygen atoms in total. The first-order valence-corrected chi connectivity index (χ1v) is 7.89. The Kier molecular flexibility index (Phi) is 6.89. The smallest absolute Gasteiger partial charge is 0.225 e. The van der Waals surface area contributed by atoms with E-state index in [-0.39, 0.29) is 0 Å². The van der Waals surface area contributed by atoms with Gasteiger partial charge in [-0.3, -0.25) is 4.99 Å². The fraction of sp³-hybridized carbons (Fsp3) is 0.667. The van der Waals surface area contributed by atoms with Gasteiger partial charge in [-0.25, -0.2) is 9.97 Å². The lowest BCUT2D eigenvalue weighted by Gasteiger charge is -2.36. The van der Waals surface area contributed by atoms with Crippen molar-refractivity contribution in [3.8, 4) is 0 Å². The minimum absolute atomic E-state index is 0.752. The molecule has 0 atom stereocenters. The van der Waals surface area contributed by atoms with E-state index in [0.717, 1.165) is 64.2 Å². The zero-order valence-corrected chi connectivity index (χ0v) is 13.5. The van der Waals surface area contributed by atoms with Gasteiger partial charge in [0, 0.05) is 65.4 Å². The summed E-state index contributed by atoms with van der Waals surface area (Å²) >= 11 is 0. The molecular formula is C15H26N6O. The molecule has 0 saturated carbocycles. The van der Waals surface area contributed by atoms with Crippen molar-refractivity contribution in [1.29, 1.82) is 0 Å². The number of aliphatic imine (C=N–C) groups is 1. The lowest BCUT2D eigenvalue weighted by atomic mass is 10.3. The monoisotopic (exact) mass is 306 g/mol. The topological polar surface area (TPSA) is 65.9 Å². The first kappa shape index (κ1) is 16.5. The first-order valence-electron chi connectivity index (χ1n) is 7.89. The molecule has 0 radical (unpaired) electrons. The summed E-state index contributed by atoms with van der Waals surface area (Å²) < 4.78 is 5.07. The highest BCUT2D eigenvalue weighted by Crippen LogP contribution is 2.09. The van der Waals surface area contributed by atoms with Crippen LogP contribution in [0, 0.1) is 0 Å². The number of rotatable bonds is 6. The van der Waals surface area contributed by atoms with E-state index in [4.69, 9.17) is 4.74 Å². The molecule has 1 N–H and O–H groups in total. The number of piperazine rings is 1. The third kappa shape index (κ3) is 4.84. The molecule has 0 aromatic carbocycles. The standard InChI is InChI=1S/C15H26N6O/c1-3-16-14(19-8-5-13-22-2)20-9-11-21(12-10-20)15-17-6-4-7-18-15/h4,6-7H,3,5,8-13H2,1-2H3,(H,16,19). The van der Waals surface area contributed by atoms with Crippen molar-refractivity contribution < 1.29 is 4.74 Å².